The van der Waals surface area contributed by atoms with Crippen molar-refractivity contribution in [1.29, 1.82) is 0 Å². The highest BCUT2D eigenvalue weighted by Gasteiger charge is 2.28. The maximum Gasteiger partial charge on any atom is 0.243 e. The van der Waals surface area contributed by atoms with Gasteiger partial charge in [-0.1, -0.05) is 42.5 Å². The second-order valence-electron chi connectivity index (χ2n) is 7.15. The monoisotopic (exact) mass is 351 g/mol. The first kappa shape index (κ1) is 18.6. The van der Waals surface area contributed by atoms with E-state index in [-0.39, 0.29) is 11.9 Å². The molecule has 0 N–H and O–H groups in total. The molecule has 1 atom stereocenters. The van der Waals surface area contributed by atoms with Gasteiger partial charge < -0.3 is 4.90 Å². The Labute approximate surface area is 157 Å². The molecule has 1 amide bonds. The van der Waals surface area contributed by atoms with Crippen LogP contribution < -0.4 is 4.90 Å². The van der Waals surface area contributed by atoms with Gasteiger partial charge in [0.2, 0.25) is 5.91 Å². The molecule has 0 bridgehead atoms. The number of benzene rings is 2. The zero-order chi connectivity index (χ0) is 18.5. The summed E-state index contributed by atoms with van der Waals surface area (Å²) in [7, 11) is 1.86. The number of carbonyl (C=O) groups excluding carboxylic acids is 1. The lowest BCUT2D eigenvalue weighted by Crippen LogP contribution is -2.54. The number of para-hydroxylation sites is 1. The molecule has 1 heterocycles. The number of hydrogen-bond acceptors (Lipinski definition) is 3. The molecule has 4 nitrogen and oxygen atoms in total. The third kappa shape index (κ3) is 4.32. The molecule has 2 aromatic carbocycles. The van der Waals surface area contributed by atoms with E-state index in [9.17, 15) is 4.79 Å². The SMILES string of the molecule is Cc1ccccc1CN1CCN([C@H](C)C(=O)N(C)c2ccccc2)CC1. The fourth-order valence-corrected chi connectivity index (χ4v) is 3.55. The topological polar surface area (TPSA) is 26.8 Å². The van der Waals surface area contributed by atoms with Gasteiger partial charge in [-0.2, -0.15) is 0 Å². The van der Waals surface area contributed by atoms with E-state index in [1.54, 1.807) is 4.90 Å². The summed E-state index contributed by atoms with van der Waals surface area (Å²) >= 11 is 0. The standard InChI is InChI=1S/C22H29N3O/c1-18-9-7-8-10-20(18)17-24-13-15-25(16-14-24)19(2)22(26)23(3)21-11-5-4-6-12-21/h4-12,19H,13-17H2,1-3H3/t19-/m1/s1. The zero-order valence-electron chi connectivity index (χ0n) is 16.1. The molecule has 26 heavy (non-hydrogen) atoms. The lowest BCUT2D eigenvalue weighted by Gasteiger charge is -2.38. The summed E-state index contributed by atoms with van der Waals surface area (Å²) in [6.45, 7) is 9.06. The molecular formula is C22H29N3O. The van der Waals surface area contributed by atoms with Crippen LogP contribution in [0.15, 0.2) is 54.6 Å². The number of amides is 1. The van der Waals surface area contributed by atoms with Crippen molar-refractivity contribution in [3.8, 4) is 0 Å². The van der Waals surface area contributed by atoms with Crippen LogP contribution in [0.4, 0.5) is 5.69 Å². The summed E-state index contributed by atoms with van der Waals surface area (Å²) in [5.41, 5.74) is 3.69. The first-order chi connectivity index (χ1) is 12.6. The average molecular weight is 351 g/mol. The van der Waals surface area contributed by atoms with Crippen molar-refractivity contribution in [2.45, 2.75) is 26.4 Å². The van der Waals surface area contributed by atoms with Crippen LogP contribution >= 0.6 is 0 Å². The van der Waals surface area contributed by atoms with E-state index >= 15 is 0 Å². The fourth-order valence-electron chi connectivity index (χ4n) is 3.55. The van der Waals surface area contributed by atoms with Gasteiger partial charge in [0.25, 0.3) is 0 Å². The molecule has 1 aliphatic rings. The largest absolute Gasteiger partial charge is 0.314 e. The van der Waals surface area contributed by atoms with Crippen molar-refractivity contribution in [1.82, 2.24) is 9.80 Å². The van der Waals surface area contributed by atoms with E-state index in [1.165, 1.54) is 11.1 Å². The van der Waals surface area contributed by atoms with Gasteiger partial charge in [-0.3, -0.25) is 14.6 Å². The van der Waals surface area contributed by atoms with Crippen LogP contribution in [0.1, 0.15) is 18.1 Å². The molecule has 0 radical (unpaired) electrons. The molecule has 138 valence electrons. The highest BCUT2D eigenvalue weighted by atomic mass is 16.2. The van der Waals surface area contributed by atoms with Crippen molar-refractivity contribution >= 4 is 11.6 Å². The molecule has 0 saturated carbocycles. The van der Waals surface area contributed by atoms with Gasteiger partial charge in [0.15, 0.2) is 0 Å². The number of nitrogens with zero attached hydrogens (tertiary/aromatic N) is 3. The highest BCUT2D eigenvalue weighted by molar-refractivity contribution is 5.96. The molecule has 0 aromatic heterocycles. The van der Waals surface area contributed by atoms with Crippen molar-refractivity contribution in [3.63, 3.8) is 0 Å². The highest BCUT2D eigenvalue weighted by Crippen LogP contribution is 2.17. The van der Waals surface area contributed by atoms with Crippen molar-refractivity contribution in [3.05, 3.63) is 65.7 Å². The fraction of sp³-hybridized carbons (Fsp3) is 0.409. The lowest BCUT2D eigenvalue weighted by molar-refractivity contribution is -0.123. The minimum Gasteiger partial charge on any atom is -0.314 e. The Balaban J connectivity index is 1.54. The van der Waals surface area contributed by atoms with E-state index in [0.29, 0.717) is 0 Å². The Morgan fingerprint density at radius 2 is 1.62 bits per heavy atom. The molecule has 0 aliphatic carbocycles. The predicted molar refractivity (Wildman–Crippen MR) is 107 cm³/mol. The molecule has 1 saturated heterocycles. The van der Waals surface area contributed by atoms with E-state index in [0.717, 1.165) is 38.4 Å². The zero-order valence-corrected chi connectivity index (χ0v) is 16.1. The Bertz CT molecular complexity index is 723. The van der Waals surface area contributed by atoms with E-state index in [4.69, 9.17) is 0 Å². The smallest absolute Gasteiger partial charge is 0.243 e. The van der Waals surface area contributed by atoms with Crippen molar-refractivity contribution < 1.29 is 4.79 Å². The van der Waals surface area contributed by atoms with Gasteiger partial charge in [0, 0.05) is 45.5 Å². The van der Waals surface area contributed by atoms with Crippen LogP contribution in [-0.4, -0.2) is 55.0 Å². The molecule has 0 spiro atoms. The molecule has 3 rings (SSSR count). The summed E-state index contributed by atoms with van der Waals surface area (Å²) < 4.78 is 0. The average Bonchev–Trinajstić information content (AvgIpc) is 2.69. The number of rotatable bonds is 5. The number of hydrogen-bond donors (Lipinski definition) is 0. The van der Waals surface area contributed by atoms with Crippen LogP contribution in [0.25, 0.3) is 0 Å². The number of carbonyl (C=O) groups is 1. The second kappa shape index (κ2) is 8.47. The van der Waals surface area contributed by atoms with E-state index < -0.39 is 0 Å². The molecule has 2 aromatic rings. The van der Waals surface area contributed by atoms with Crippen molar-refractivity contribution in [2.75, 3.05) is 38.1 Å². The van der Waals surface area contributed by atoms with Gasteiger partial charge in [0.05, 0.1) is 6.04 Å². The minimum atomic E-state index is -0.0965. The summed E-state index contributed by atoms with van der Waals surface area (Å²) in [5.74, 6) is 0.156. The molecule has 1 fully saturated rings. The minimum absolute atomic E-state index is 0.0965. The van der Waals surface area contributed by atoms with Crippen LogP contribution in [0.5, 0.6) is 0 Å². The number of piperazine rings is 1. The van der Waals surface area contributed by atoms with Crippen LogP contribution in [0.2, 0.25) is 0 Å². The van der Waals surface area contributed by atoms with Crippen molar-refractivity contribution in [2.24, 2.45) is 0 Å². The maximum absolute atomic E-state index is 12.8. The quantitative estimate of drug-likeness (QED) is 0.828. The normalized spacial score (nSPS) is 17.0. The summed E-state index contributed by atoms with van der Waals surface area (Å²) in [6.07, 6.45) is 0. The second-order valence-corrected chi connectivity index (χ2v) is 7.15. The summed E-state index contributed by atoms with van der Waals surface area (Å²) in [4.78, 5) is 19.4. The number of likely N-dealkylation sites (N-methyl/N-ethyl adjacent to an activating group) is 1. The number of aryl methyl sites for hydroxylation is 1. The van der Waals surface area contributed by atoms with E-state index in [1.807, 2.05) is 44.3 Å². The van der Waals surface area contributed by atoms with Crippen LogP contribution in [0, 0.1) is 6.92 Å². The Morgan fingerprint density at radius 3 is 2.27 bits per heavy atom. The Kier molecular flexibility index (Phi) is 6.07. The Morgan fingerprint density at radius 1 is 1.00 bits per heavy atom. The van der Waals surface area contributed by atoms with Gasteiger partial charge in [-0.15, -0.1) is 0 Å². The number of anilines is 1. The van der Waals surface area contributed by atoms with Crippen LogP contribution in [-0.2, 0) is 11.3 Å². The van der Waals surface area contributed by atoms with Gasteiger partial charge in [-0.25, -0.2) is 0 Å². The van der Waals surface area contributed by atoms with Gasteiger partial charge >= 0.3 is 0 Å². The van der Waals surface area contributed by atoms with Gasteiger partial charge in [0.1, 0.15) is 0 Å². The molecule has 0 unspecified atom stereocenters. The maximum atomic E-state index is 12.8. The third-order valence-electron chi connectivity index (χ3n) is 5.44. The predicted octanol–water partition coefficient (Wildman–Crippen LogP) is 3.16. The lowest BCUT2D eigenvalue weighted by atomic mass is 10.1. The molecule has 4 heteroatoms. The third-order valence-corrected chi connectivity index (χ3v) is 5.44. The Hall–Kier alpha value is -2.17. The summed E-state index contributed by atoms with van der Waals surface area (Å²) in [5, 5.41) is 0. The van der Waals surface area contributed by atoms with Gasteiger partial charge in [-0.05, 0) is 37.1 Å². The molecular weight excluding hydrogens is 322 g/mol. The summed E-state index contributed by atoms with van der Waals surface area (Å²) in [6, 6.07) is 18.3. The molecule has 1 aliphatic heterocycles. The first-order valence-corrected chi connectivity index (χ1v) is 9.40. The van der Waals surface area contributed by atoms with E-state index in [2.05, 4.69) is 41.0 Å². The van der Waals surface area contributed by atoms with Crippen LogP contribution in [0.3, 0.4) is 0 Å². The first-order valence-electron chi connectivity index (χ1n) is 9.40.